The molecular formula is C13H21IN4O2. The largest absolute Gasteiger partial charge is 0.356 e. The monoisotopic (exact) mass is 392 g/mol. The van der Waals surface area contributed by atoms with Crippen molar-refractivity contribution in [3.8, 4) is 0 Å². The number of rotatable bonds is 5. The Hall–Kier alpha value is -1.38. The van der Waals surface area contributed by atoms with Crippen LogP contribution in [0.5, 0.6) is 0 Å². The maximum atomic E-state index is 10.5. The second-order valence-corrected chi connectivity index (χ2v) is 4.62. The van der Waals surface area contributed by atoms with Gasteiger partial charge in [0.05, 0.1) is 4.92 Å². The highest BCUT2D eigenvalue weighted by molar-refractivity contribution is 14.0. The molecule has 2 N–H and O–H groups in total. The first kappa shape index (κ1) is 18.6. The van der Waals surface area contributed by atoms with Crippen LogP contribution in [0.2, 0.25) is 0 Å². The highest BCUT2D eigenvalue weighted by atomic mass is 127. The Balaban J connectivity index is 0.00000361. The number of nitrogens with one attached hydrogen (secondary N) is 2. The van der Waals surface area contributed by atoms with Crippen molar-refractivity contribution in [2.45, 2.75) is 20.4 Å². The summed E-state index contributed by atoms with van der Waals surface area (Å²) in [5.74, 6) is 1.27. The Bertz CT molecular complexity index is 446. The van der Waals surface area contributed by atoms with Crippen molar-refractivity contribution in [3.63, 3.8) is 0 Å². The summed E-state index contributed by atoms with van der Waals surface area (Å²) in [4.78, 5) is 14.2. The van der Waals surface area contributed by atoms with Gasteiger partial charge in [0.15, 0.2) is 5.96 Å². The summed E-state index contributed by atoms with van der Waals surface area (Å²) in [5, 5.41) is 16.9. The summed E-state index contributed by atoms with van der Waals surface area (Å²) in [6.07, 6.45) is 0. The number of hydrogen-bond donors (Lipinski definition) is 2. The molecule has 0 spiro atoms. The SMILES string of the molecule is CN=C(NCc1ccc([N+](=O)[O-])cc1)NCC(C)C.I. The number of nitrogens with zero attached hydrogens (tertiary/aromatic N) is 2. The zero-order valence-corrected chi connectivity index (χ0v) is 14.3. The van der Waals surface area contributed by atoms with E-state index in [1.165, 1.54) is 12.1 Å². The van der Waals surface area contributed by atoms with Crippen LogP contribution in [0.1, 0.15) is 19.4 Å². The van der Waals surface area contributed by atoms with Crippen LogP contribution in [0.15, 0.2) is 29.3 Å². The van der Waals surface area contributed by atoms with Gasteiger partial charge in [0, 0.05) is 32.3 Å². The molecule has 0 atom stereocenters. The molecule has 1 aromatic rings. The van der Waals surface area contributed by atoms with Crippen LogP contribution in [0.3, 0.4) is 0 Å². The molecule has 0 amide bonds. The minimum atomic E-state index is -0.402. The summed E-state index contributed by atoms with van der Waals surface area (Å²) in [6.45, 7) is 5.67. The molecule has 7 heteroatoms. The van der Waals surface area contributed by atoms with Gasteiger partial charge in [-0.3, -0.25) is 15.1 Å². The zero-order chi connectivity index (χ0) is 14.3. The molecule has 0 aliphatic carbocycles. The molecular weight excluding hydrogens is 371 g/mol. The molecule has 20 heavy (non-hydrogen) atoms. The molecule has 0 saturated heterocycles. The van der Waals surface area contributed by atoms with Gasteiger partial charge in [0.1, 0.15) is 0 Å². The maximum Gasteiger partial charge on any atom is 0.269 e. The Morgan fingerprint density at radius 1 is 1.30 bits per heavy atom. The minimum Gasteiger partial charge on any atom is -0.356 e. The molecule has 1 aromatic carbocycles. The summed E-state index contributed by atoms with van der Waals surface area (Å²) in [7, 11) is 1.71. The van der Waals surface area contributed by atoms with E-state index in [2.05, 4.69) is 29.5 Å². The van der Waals surface area contributed by atoms with Crippen LogP contribution in [0.25, 0.3) is 0 Å². The molecule has 0 saturated carbocycles. The quantitative estimate of drug-likeness (QED) is 0.265. The molecule has 0 radical (unpaired) electrons. The van der Waals surface area contributed by atoms with Crippen molar-refractivity contribution in [1.82, 2.24) is 10.6 Å². The standard InChI is InChI=1S/C13H20N4O2.HI/c1-10(2)8-15-13(14-3)16-9-11-4-6-12(7-5-11)17(18)19;/h4-7,10H,8-9H2,1-3H3,(H2,14,15,16);1H. The Morgan fingerprint density at radius 3 is 2.35 bits per heavy atom. The van der Waals surface area contributed by atoms with Gasteiger partial charge in [0.25, 0.3) is 5.69 Å². The summed E-state index contributed by atoms with van der Waals surface area (Å²) in [6, 6.07) is 6.48. The number of nitro benzene ring substituents is 1. The minimum absolute atomic E-state index is 0. The van der Waals surface area contributed by atoms with Crippen molar-refractivity contribution in [2.75, 3.05) is 13.6 Å². The van der Waals surface area contributed by atoms with E-state index in [1.807, 2.05) is 0 Å². The Morgan fingerprint density at radius 2 is 1.90 bits per heavy atom. The molecule has 112 valence electrons. The van der Waals surface area contributed by atoms with Crippen molar-refractivity contribution in [3.05, 3.63) is 39.9 Å². The predicted molar refractivity (Wildman–Crippen MR) is 91.6 cm³/mol. The van der Waals surface area contributed by atoms with Crippen LogP contribution in [-0.2, 0) is 6.54 Å². The third kappa shape index (κ3) is 6.69. The van der Waals surface area contributed by atoms with Crippen LogP contribution >= 0.6 is 24.0 Å². The molecule has 0 aromatic heterocycles. The van der Waals surface area contributed by atoms with Crippen molar-refractivity contribution in [2.24, 2.45) is 10.9 Å². The van der Waals surface area contributed by atoms with Crippen LogP contribution < -0.4 is 10.6 Å². The fraction of sp³-hybridized carbons (Fsp3) is 0.462. The Kier molecular flexibility index (Phi) is 8.86. The van der Waals surface area contributed by atoms with Gasteiger partial charge >= 0.3 is 0 Å². The van der Waals surface area contributed by atoms with E-state index in [-0.39, 0.29) is 29.7 Å². The molecule has 0 heterocycles. The van der Waals surface area contributed by atoms with Gasteiger partial charge in [-0.1, -0.05) is 26.0 Å². The molecule has 0 unspecified atom stereocenters. The molecule has 6 nitrogen and oxygen atoms in total. The lowest BCUT2D eigenvalue weighted by Crippen LogP contribution is -2.38. The van der Waals surface area contributed by atoms with Gasteiger partial charge in [-0.15, -0.1) is 24.0 Å². The zero-order valence-electron chi connectivity index (χ0n) is 11.9. The number of nitro groups is 1. The third-order valence-electron chi connectivity index (χ3n) is 2.51. The fourth-order valence-electron chi connectivity index (χ4n) is 1.44. The lowest BCUT2D eigenvalue weighted by Gasteiger charge is -2.13. The summed E-state index contributed by atoms with van der Waals surface area (Å²) >= 11 is 0. The number of non-ortho nitro benzene ring substituents is 1. The van der Waals surface area contributed by atoms with E-state index in [0.717, 1.165) is 18.1 Å². The fourth-order valence-corrected chi connectivity index (χ4v) is 1.44. The van der Waals surface area contributed by atoms with Gasteiger partial charge < -0.3 is 10.6 Å². The average Bonchev–Trinajstić information content (AvgIpc) is 2.39. The first-order valence-corrected chi connectivity index (χ1v) is 6.20. The predicted octanol–water partition coefficient (Wildman–Crippen LogP) is 2.53. The van der Waals surface area contributed by atoms with Crippen LogP contribution in [-0.4, -0.2) is 24.5 Å². The molecule has 1 rings (SSSR count). The van der Waals surface area contributed by atoms with E-state index in [9.17, 15) is 10.1 Å². The highest BCUT2D eigenvalue weighted by Gasteiger charge is 2.04. The lowest BCUT2D eigenvalue weighted by atomic mass is 10.2. The van der Waals surface area contributed by atoms with Crippen LogP contribution in [0.4, 0.5) is 5.69 Å². The van der Waals surface area contributed by atoms with Crippen molar-refractivity contribution < 1.29 is 4.92 Å². The second-order valence-electron chi connectivity index (χ2n) is 4.62. The van der Waals surface area contributed by atoms with Gasteiger partial charge in [-0.25, -0.2) is 0 Å². The summed E-state index contributed by atoms with van der Waals surface area (Å²) in [5.41, 5.74) is 1.07. The smallest absolute Gasteiger partial charge is 0.269 e. The number of aliphatic imine (C=N–C) groups is 1. The number of halogens is 1. The van der Waals surface area contributed by atoms with E-state index < -0.39 is 4.92 Å². The van der Waals surface area contributed by atoms with E-state index >= 15 is 0 Å². The van der Waals surface area contributed by atoms with Gasteiger partial charge in [-0.05, 0) is 11.5 Å². The number of benzene rings is 1. The number of guanidine groups is 1. The van der Waals surface area contributed by atoms with E-state index in [4.69, 9.17) is 0 Å². The number of hydrogen-bond acceptors (Lipinski definition) is 3. The first-order valence-electron chi connectivity index (χ1n) is 6.20. The highest BCUT2D eigenvalue weighted by Crippen LogP contribution is 2.11. The van der Waals surface area contributed by atoms with E-state index in [0.29, 0.717) is 12.5 Å². The molecule has 0 aliphatic rings. The van der Waals surface area contributed by atoms with Gasteiger partial charge in [-0.2, -0.15) is 0 Å². The topological polar surface area (TPSA) is 79.6 Å². The van der Waals surface area contributed by atoms with Crippen molar-refractivity contribution >= 4 is 35.6 Å². The second kappa shape index (κ2) is 9.51. The Labute approximate surface area is 136 Å². The normalized spacial score (nSPS) is 10.9. The lowest BCUT2D eigenvalue weighted by molar-refractivity contribution is -0.384. The molecule has 0 bridgehead atoms. The van der Waals surface area contributed by atoms with E-state index in [1.54, 1.807) is 19.2 Å². The van der Waals surface area contributed by atoms with Crippen molar-refractivity contribution in [1.29, 1.82) is 0 Å². The summed E-state index contributed by atoms with van der Waals surface area (Å²) < 4.78 is 0. The average molecular weight is 392 g/mol. The third-order valence-corrected chi connectivity index (χ3v) is 2.51. The maximum absolute atomic E-state index is 10.5. The van der Waals surface area contributed by atoms with Gasteiger partial charge in [0.2, 0.25) is 0 Å². The molecule has 0 fully saturated rings. The first-order chi connectivity index (χ1) is 9.02. The molecule has 0 aliphatic heterocycles. The van der Waals surface area contributed by atoms with Crippen LogP contribution in [0, 0.1) is 16.0 Å².